The summed E-state index contributed by atoms with van der Waals surface area (Å²) in [7, 11) is 1.99. The van der Waals surface area contributed by atoms with Crippen molar-refractivity contribution >= 4 is 27.3 Å². The standard InChI is InChI=1S/C30H31N2/c1-18-12-11-15-21-23-19(2)16-17-22-26(23)32-27(30(5,6)29(22,3)4)25(20-13-9-8-10-14-20)31(7)28(32)24(18)21/h8-17H,1-7H3/q+1/i2D3,5D3. The second-order valence-corrected chi connectivity index (χ2v) is 9.91. The molecule has 0 spiro atoms. The Morgan fingerprint density at radius 3 is 2.34 bits per heavy atom. The van der Waals surface area contributed by atoms with Crippen molar-refractivity contribution in [3.63, 3.8) is 0 Å². The van der Waals surface area contributed by atoms with Crippen molar-refractivity contribution in [2.75, 3.05) is 0 Å². The van der Waals surface area contributed by atoms with Gasteiger partial charge in [0.15, 0.2) is 11.4 Å². The van der Waals surface area contributed by atoms with E-state index in [1.54, 1.807) is 6.07 Å². The van der Waals surface area contributed by atoms with E-state index in [0.29, 0.717) is 11.1 Å². The quantitative estimate of drug-likeness (QED) is 0.203. The third-order valence-electron chi connectivity index (χ3n) is 7.92. The summed E-state index contributed by atoms with van der Waals surface area (Å²) >= 11 is 0. The summed E-state index contributed by atoms with van der Waals surface area (Å²) in [6, 6.07) is 19.4. The molecule has 2 nitrogen and oxygen atoms in total. The molecule has 5 aromatic rings. The molecule has 0 radical (unpaired) electrons. The molecule has 32 heavy (non-hydrogen) atoms. The third kappa shape index (κ3) is 2.09. The van der Waals surface area contributed by atoms with Crippen molar-refractivity contribution in [3.05, 3.63) is 83.0 Å². The Kier molecular flexibility index (Phi) is 2.65. The van der Waals surface area contributed by atoms with Crippen molar-refractivity contribution in [2.24, 2.45) is 7.05 Å². The summed E-state index contributed by atoms with van der Waals surface area (Å²) in [5.41, 5.74) is 4.10. The lowest BCUT2D eigenvalue weighted by Crippen LogP contribution is -2.44. The van der Waals surface area contributed by atoms with Crippen LogP contribution in [0.2, 0.25) is 0 Å². The number of hydrogen-bond donors (Lipinski definition) is 0. The number of rotatable bonds is 1. The number of hydrogen-bond acceptors (Lipinski definition) is 0. The molecule has 6 rings (SSSR count). The van der Waals surface area contributed by atoms with E-state index >= 15 is 0 Å². The first-order chi connectivity index (χ1) is 17.6. The molecule has 0 saturated carbocycles. The van der Waals surface area contributed by atoms with Crippen LogP contribution in [0.4, 0.5) is 0 Å². The van der Waals surface area contributed by atoms with Gasteiger partial charge in [-0.2, -0.15) is 4.40 Å². The van der Waals surface area contributed by atoms with Crippen LogP contribution in [0.15, 0.2) is 60.7 Å². The number of aromatic nitrogens is 2. The van der Waals surface area contributed by atoms with E-state index in [4.69, 9.17) is 8.22 Å². The maximum absolute atomic E-state index is 8.91. The molecule has 3 aromatic carbocycles. The Balaban J connectivity index is 2.07. The van der Waals surface area contributed by atoms with E-state index in [2.05, 4.69) is 8.97 Å². The molecular weight excluding hydrogens is 388 g/mol. The number of fused-ring (bicyclic) bond motifs is 3. The highest BCUT2D eigenvalue weighted by molar-refractivity contribution is 6.15. The van der Waals surface area contributed by atoms with Crippen molar-refractivity contribution in [3.8, 4) is 11.3 Å². The molecule has 2 aromatic heterocycles. The van der Waals surface area contributed by atoms with Crippen LogP contribution >= 0.6 is 0 Å². The summed E-state index contributed by atoms with van der Waals surface area (Å²) in [5.74, 6) is 0. The van der Waals surface area contributed by atoms with E-state index in [9.17, 15) is 0 Å². The first-order valence-electron chi connectivity index (χ1n) is 14.1. The first-order valence-corrected chi connectivity index (χ1v) is 11.1. The van der Waals surface area contributed by atoms with Gasteiger partial charge in [0.1, 0.15) is 5.52 Å². The SMILES string of the molecule is [2H]C([2H])([2H])c1ccc2c3c1c1cccc(C)c1c1n3c(c(-c3ccccc3)[n+]1C)C(C)(C([2H])([2H])[2H])C2(C)C. The van der Waals surface area contributed by atoms with Crippen LogP contribution in [0.1, 0.15) is 58.2 Å². The molecule has 0 bridgehead atoms. The van der Waals surface area contributed by atoms with Crippen molar-refractivity contribution in [1.29, 1.82) is 0 Å². The number of benzene rings is 3. The van der Waals surface area contributed by atoms with Crippen LogP contribution in [-0.4, -0.2) is 4.40 Å². The van der Waals surface area contributed by atoms with Gasteiger partial charge < -0.3 is 0 Å². The normalized spacial score (nSPS) is 23.0. The van der Waals surface area contributed by atoms with Gasteiger partial charge in [0.05, 0.1) is 12.4 Å². The van der Waals surface area contributed by atoms with Crippen LogP contribution in [0.25, 0.3) is 38.6 Å². The zero-order valence-corrected chi connectivity index (χ0v) is 19.2. The minimum Gasteiger partial charge on any atom is -0.225 e. The molecule has 1 unspecified atom stereocenters. The van der Waals surface area contributed by atoms with Crippen LogP contribution in [0, 0.1) is 13.8 Å². The fourth-order valence-electron chi connectivity index (χ4n) is 5.85. The average molecular weight is 426 g/mol. The molecule has 160 valence electrons. The Labute approximate surface area is 198 Å². The minimum atomic E-state index is -2.35. The Hall–Kier alpha value is -3.13. The van der Waals surface area contributed by atoms with Gasteiger partial charge in [-0.1, -0.05) is 88.3 Å². The Morgan fingerprint density at radius 1 is 0.844 bits per heavy atom. The van der Waals surface area contributed by atoms with Crippen molar-refractivity contribution < 1.29 is 12.8 Å². The van der Waals surface area contributed by atoms with Crippen LogP contribution in [0.5, 0.6) is 0 Å². The maximum atomic E-state index is 8.91. The molecular formula is C30H31N2+. The molecule has 0 fully saturated rings. The van der Waals surface area contributed by atoms with Gasteiger partial charge >= 0.3 is 0 Å². The summed E-state index contributed by atoms with van der Waals surface area (Å²) in [4.78, 5) is 0. The molecule has 1 aliphatic heterocycles. The van der Waals surface area contributed by atoms with Gasteiger partial charge in [0, 0.05) is 41.0 Å². The molecule has 0 N–H and O–H groups in total. The predicted molar refractivity (Wildman–Crippen MR) is 135 cm³/mol. The van der Waals surface area contributed by atoms with E-state index in [1.165, 1.54) is 0 Å². The number of pyridine rings is 1. The average Bonchev–Trinajstić information content (AvgIpc) is 3.14. The first kappa shape index (κ1) is 14.1. The lowest BCUT2D eigenvalue weighted by Gasteiger charge is -2.43. The fraction of sp³-hybridized carbons (Fsp3) is 0.300. The number of imidazole rings is 1. The van der Waals surface area contributed by atoms with Crippen molar-refractivity contribution in [1.82, 2.24) is 4.40 Å². The molecule has 1 atom stereocenters. The summed E-state index contributed by atoms with van der Waals surface area (Å²) in [6.07, 6.45) is 0. The highest BCUT2D eigenvalue weighted by Crippen LogP contribution is 2.53. The Bertz CT molecular complexity index is 1790. The lowest BCUT2D eigenvalue weighted by molar-refractivity contribution is -0.632. The van der Waals surface area contributed by atoms with Crippen molar-refractivity contribution in [2.45, 2.75) is 52.2 Å². The largest absolute Gasteiger partial charge is 0.295 e. The van der Waals surface area contributed by atoms with Gasteiger partial charge in [-0.25, -0.2) is 4.57 Å². The smallest absolute Gasteiger partial charge is 0.225 e. The topological polar surface area (TPSA) is 8.29 Å². The predicted octanol–water partition coefficient (Wildman–Crippen LogP) is 6.92. The molecule has 0 amide bonds. The van der Waals surface area contributed by atoms with Crippen LogP contribution < -0.4 is 4.57 Å². The maximum Gasteiger partial charge on any atom is 0.295 e. The van der Waals surface area contributed by atoms with E-state index in [1.807, 2.05) is 89.3 Å². The summed E-state index contributed by atoms with van der Waals surface area (Å²) < 4.78 is 56.2. The van der Waals surface area contributed by atoms with E-state index in [-0.39, 0.29) is 5.56 Å². The Morgan fingerprint density at radius 2 is 1.62 bits per heavy atom. The van der Waals surface area contributed by atoms with E-state index < -0.39 is 24.5 Å². The number of nitrogens with zero attached hydrogens (tertiary/aromatic N) is 2. The lowest BCUT2D eigenvalue weighted by atomic mass is 9.60. The van der Waals surface area contributed by atoms with Gasteiger partial charge in [0.2, 0.25) is 0 Å². The third-order valence-corrected chi connectivity index (χ3v) is 7.92. The molecule has 2 heteroatoms. The van der Waals surface area contributed by atoms with Crippen LogP contribution in [-0.2, 0) is 17.9 Å². The fourth-order valence-corrected chi connectivity index (χ4v) is 5.85. The van der Waals surface area contributed by atoms with Gasteiger partial charge in [-0.15, -0.1) is 0 Å². The highest BCUT2D eigenvalue weighted by atomic mass is 15.1. The number of aryl methyl sites for hydroxylation is 3. The molecule has 3 heterocycles. The zero-order chi connectivity index (χ0) is 27.6. The second-order valence-electron chi connectivity index (χ2n) is 9.91. The summed E-state index contributed by atoms with van der Waals surface area (Å²) in [6.45, 7) is 3.16. The van der Waals surface area contributed by atoms with Gasteiger partial charge in [0.25, 0.3) is 5.65 Å². The van der Waals surface area contributed by atoms with Crippen LogP contribution in [0.3, 0.4) is 0 Å². The molecule has 0 saturated heterocycles. The highest BCUT2D eigenvalue weighted by Gasteiger charge is 2.52. The van der Waals surface area contributed by atoms with Gasteiger partial charge in [-0.3, -0.25) is 0 Å². The second kappa shape index (κ2) is 6.01. The van der Waals surface area contributed by atoms with E-state index in [0.717, 1.165) is 44.3 Å². The molecule has 0 aliphatic carbocycles. The minimum absolute atomic E-state index is 0.283. The monoisotopic (exact) mass is 425 g/mol. The van der Waals surface area contributed by atoms with Gasteiger partial charge in [-0.05, 0) is 24.9 Å². The summed E-state index contributed by atoms with van der Waals surface area (Å²) in [5, 5.41) is 2.47. The molecule has 1 aliphatic rings. The zero-order valence-electron chi connectivity index (χ0n) is 25.2.